The molecule has 8 N–H and O–H groups in total. The lowest BCUT2D eigenvalue weighted by Crippen LogP contribution is -2.50. The Kier molecular flexibility index (Phi) is 9.36. The number of carbonyl (C=O) groups is 3. The SMILES string of the molecule is C=NNc1nc(N)c2ncn([C@@H]3O[C@H](C(=O)NCC)[C@@H](OC(=O)[C@@H](N)C(C)C)[C@H]3OC(=O)[C@@H](N)C(C)C)c2n1. The number of hydrogen-bond donors (Lipinski definition) is 5. The van der Waals surface area contributed by atoms with Crippen LogP contribution in [0.5, 0.6) is 0 Å². The molecule has 2 aromatic rings. The Hall–Kier alpha value is -3.89. The minimum absolute atomic E-state index is 0.0104. The molecule has 2 aromatic heterocycles. The molecule has 1 saturated heterocycles. The predicted octanol–water partition coefficient (Wildman–Crippen LogP) is -0.740. The summed E-state index contributed by atoms with van der Waals surface area (Å²) in [5, 5.41) is 6.18. The summed E-state index contributed by atoms with van der Waals surface area (Å²) in [6.45, 7) is 12.3. The Morgan fingerprint density at radius 3 is 2.23 bits per heavy atom. The van der Waals surface area contributed by atoms with Crippen LogP contribution in [0, 0.1) is 11.8 Å². The van der Waals surface area contributed by atoms with Crippen molar-refractivity contribution in [1.29, 1.82) is 0 Å². The van der Waals surface area contributed by atoms with Crippen LogP contribution in [-0.4, -0.2) is 81.0 Å². The van der Waals surface area contributed by atoms with Gasteiger partial charge in [0.05, 0.1) is 6.33 Å². The summed E-state index contributed by atoms with van der Waals surface area (Å²) < 4.78 is 19.0. The quantitative estimate of drug-likeness (QED) is 0.132. The Labute approximate surface area is 225 Å². The highest BCUT2D eigenvalue weighted by molar-refractivity contribution is 5.85. The van der Waals surface area contributed by atoms with E-state index in [1.807, 2.05) is 0 Å². The second kappa shape index (κ2) is 12.3. The van der Waals surface area contributed by atoms with Crippen LogP contribution in [0.2, 0.25) is 0 Å². The van der Waals surface area contributed by atoms with Crippen molar-refractivity contribution in [3.63, 3.8) is 0 Å². The number of carbonyl (C=O) groups excluding carboxylic acids is 3. The van der Waals surface area contributed by atoms with E-state index >= 15 is 0 Å². The number of nitrogen functional groups attached to an aromatic ring is 1. The number of rotatable bonds is 11. The molecule has 1 amide bonds. The first kappa shape index (κ1) is 29.7. The first-order chi connectivity index (χ1) is 18.4. The van der Waals surface area contributed by atoms with E-state index in [4.69, 9.17) is 31.4 Å². The van der Waals surface area contributed by atoms with Gasteiger partial charge >= 0.3 is 11.9 Å². The summed E-state index contributed by atoms with van der Waals surface area (Å²) in [5.41, 5.74) is 20.9. The second-order valence-corrected chi connectivity index (χ2v) is 9.71. The minimum atomic E-state index is -1.38. The van der Waals surface area contributed by atoms with Gasteiger partial charge in [-0.2, -0.15) is 15.1 Å². The Bertz CT molecular complexity index is 1220. The maximum atomic E-state index is 13.1. The third-order valence-corrected chi connectivity index (χ3v) is 6.19. The molecule has 39 heavy (non-hydrogen) atoms. The van der Waals surface area contributed by atoms with Crippen LogP contribution in [-0.2, 0) is 28.6 Å². The molecular formula is C23H36N10O6. The fourth-order valence-electron chi connectivity index (χ4n) is 3.82. The van der Waals surface area contributed by atoms with Gasteiger partial charge in [0.25, 0.3) is 5.91 Å². The van der Waals surface area contributed by atoms with Gasteiger partial charge in [-0.1, -0.05) is 27.7 Å². The number of hydrazone groups is 1. The maximum absolute atomic E-state index is 13.1. The van der Waals surface area contributed by atoms with E-state index in [-0.39, 0.29) is 41.3 Å². The van der Waals surface area contributed by atoms with E-state index < -0.39 is 54.5 Å². The van der Waals surface area contributed by atoms with Crippen LogP contribution in [0.4, 0.5) is 11.8 Å². The number of fused-ring (bicyclic) bond motifs is 1. The summed E-state index contributed by atoms with van der Waals surface area (Å²) in [6.07, 6.45) is -4.02. The van der Waals surface area contributed by atoms with Gasteiger partial charge in [-0.25, -0.2) is 10.4 Å². The Morgan fingerprint density at radius 1 is 1.10 bits per heavy atom. The first-order valence-corrected chi connectivity index (χ1v) is 12.5. The number of aromatic nitrogens is 4. The molecule has 0 aliphatic carbocycles. The first-order valence-electron chi connectivity index (χ1n) is 12.5. The zero-order valence-corrected chi connectivity index (χ0v) is 22.5. The lowest BCUT2D eigenvalue weighted by Gasteiger charge is -2.27. The zero-order chi connectivity index (χ0) is 29.0. The van der Waals surface area contributed by atoms with Crippen molar-refractivity contribution < 1.29 is 28.6 Å². The average Bonchev–Trinajstić information content (AvgIpc) is 3.45. The highest BCUT2D eigenvalue weighted by Gasteiger charge is 2.54. The molecule has 0 radical (unpaired) electrons. The van der Waals surface area contributed by atoms with Crippen LogP contribution in [0.1, 0.15) is 40.8 Å². The van der Waals surface area contributed by atoms with E-state index in [1.165, 1.54) is 10.9 Å². The van der Waals surface area contributed by atoms with Crippen molar-refractivity contribution in [2.45, 2.75) is 71.2 Å². The normalized spacial score (nSPS) is 22.5. The highest BCUT2D eigenvalue weighted by atomic mass is 16.6. The van der Waals surface area contributed by atoms with Gasteiger partial charge in [0, 0.05) is 13.3 Å². The Balaban J connectivity index is 2.14. The number of ether oxygens (including phenoxy) is 3. The van der Waals surface area contributed by atoms with Crippen LogP contribution >= 0.6 is 0 Å². The van der Waals surface area contributed by atoms with Gasteiger partial charge in [0.2, 0.25) is 5.95 Å². The molecule has 16 heteroatoms. The van der Waals surface area contributed by atoms with Gasteiger partial charge in [-0.15, -0.1) is 0 Å². The summed E-state index contributed by atoms with van der Waals surface area (Å²) in [6, 6.07) is -2.01. The second-order valence-electron chi connectivity index (χ2n) is 9.71. The van der Waals surface area contributed by atoms with Crippen LogP contribution in [0.3, 0.4) is 0 Å². The molecule has 214 valence electrons. The highest BCUT2D eigenvalue weighted by Crippen LogP contribution is 2.37. The fraction of sp³-hybridized carbons (Fsp3) is 0.609. The predicted molar refractivity (Wildman–Crippen MR) is 141 cm³/mol. The van der Waals surface area contributed by atoms with Gasteiger partial charge in [0.15, 0.2) is 36.0 Å². The maximum Gasteiger partial charge on any atom is 0.323 e. The van der Waals surface area contributed by atoms with Crippen LogP contribution in [0.25, 0.3) is 11.2 Å². The number of anilines is 2. The number of hydrogen-bond acceptors (Lipinski definition) is 14. The summed E-state index contributed by atoms with van der Waals surface area (Å²) >= 11 is 0. The number of amides is 1. The molecule has 0 aromatic carbocycles. The molecule has 16 nitrogen and oxygen atoms in total. The van der Waals surface area contributed by atoms with E-state index in [2.05, 4.69) is 37.5 Å². The molecule has 1 aliphatic rings. The average molecular weight is 549 g/mol. The monoisotopic (exact) mass is 548 g/mol. The smallest absolute Gasteiger partial charge is 0.323 e. The largest absolute Gasteiger partial charge is 0.454 e. The molecule has 0 bridgehead atoms. The summed E-state index contributed by atoms with van der Waals surface area (Å²) in [5.74, 6) is -2.69. The fourth-order valence-corrected chi connectivity index (χ4v) is 3.82. The molecule has 1 fully saturated rings. The lowest BCUT2D eigenvalue weighted by atomic mass is 10.0. The third kappa shape index (κ3) is 6.23. The van der Waals surface area contributed by atoms with Crippen molar-refractivity contribution in [1.82, 2.24) is 24.8 Å². The van der Waals surface area contributed by atoms with Gasteiger partial charge in [0.1, 0.15) is 17.6 Å². The molecule has 0 unspecified atom stereocenters. The van der Waals surface area contributed by atoms with Gasteiger partial charge < -0.3 is 36.7 Å². The van der Waals surface area contributed by atoms with Gasteiger partial charge in [-0.05, 0) is 18.8 Å². The molecule has 3 rings (SSSR count). The topological polar surface area (TPSA) is 237 Å². The molecular weight excluding hydrogens is 512 g/mol. The van der Waals surface area contributed by atoms with E-state index in [0.717, 1.165) is 0 Å². The molecule has 1 aliphatic heterocycles. The van der Waals surface area contributed by atoms with Crippen molar-refractivity contribution in [3.05, 3.63) is 6.33 Å². The zero-order valence-electron chi connectivity index (χ0n) is 22.5. The number of likely N-dealkylation sites (N-methyl/N-ethyl adjacent to an activating group) is 1. The standard InChI is InChI=1S/C23H36N10O6/c1-7-28-19(34)15-14(38-21(35)11(24)9(2)3)16(39-22(36)12(25)10(4)5)20(37-15)33-8-29-13-17(26)30-23(32-27-6)31-18(13)33/h8-12,14-16,20H,6-7,24-25H2,1-5H3,(H,28,34)(H3,26,30,31,32)/t11-,12-,14+,15-,16+,20+/m0/s1. The number of nitrogens with one attached hydrogen (secondary N) is 2. The van der Waals surface area contributed by atoms with Crippen molar-refractivity contribution in [3.8, 4) is 0 Å². The van der Waals surface area contributed by atoms with Crippen molar-refractivity contribution >= 4 is 47.5 Å². The molecule has 6 atom stereocenters. The molecule has 0 saturated carbocycles. The van der Waals surface area contributed by atoms with Crippen molar-refractivity contribution in [2.24, 2.45) is 28.4 Å². The van der Waals surface area contributed by atoms with Crippen molar-refractivity contribution in [2.75, 3.05) is 17.7 Å². The third-order valence-electron chi connectivity index (χ3n) is 6.19. The minimum Gasteiger partial charge on any atom is -0.454 e. The van der Waals surface area contributed by atoms with E-state index in [0.29, 0.717) is 0 Å². The number of imidazole rings is 1. The summed E-state index contributed by atoms with van der Waals surface area (Å²) in [7, 11) is 0. The van der Waals surface area contributed by atoms with Crippen LogP contribution in [0.15, 0.2) is 11.4 Å². The number of nitrogens with two attached hydrogens (primary N) is 3. The number of nitrogens with zero attached hydrogens (tertiary/aromatic N) is 5. The van der Waals surface area contributed by atoms with Crippen LogP contribution < -0.4 is 27.9 Å². The lowest BCUT2D eigenvalue weighted by molar-refractivity contribution is -0.171. The molecule has 3 heterocycles. The Morgan fingerprint density at radius 2 is 1.69 bits per heavy atom. The summed E-state index contributed by atoms with van der Waals surface area (Å²) in [4.78, 5) is 51.7. The number of esters is 2. The molecule has 0 spiro atoms. The van der Waals surface area contributed by atoms with E-state index in [1.54, 1.807) is 34.6 Å². The van der Waals surface area contributed by atoms with E-state index in [9.17, 15) is 14.4 Å². The van der Waals surface area contributed by atoms with Gasteiger partial charge in [-0.3, -0.25) is 19.0 Å².